The number of amides is 6. The van der Waals surface area contributed by atoms with Crippen LogP contribution < -0.4 is 10.6 Å². The van der Waals surface area contributed by atoms with Gasteiger partial charge in [0.05, 0.1) is 48.7 Å². The third kappa shape index (κ3) is 14.3. The summed E-state index contributed by atoms with van der Waals surface area (Å²) in [5, 5.41) is 7.23. The van der Waals surface area contributed by atoms with Crippen LogP contribution in [0.15, 0.2) is 72.8 Å². The van der Waals surface area contributed by atoms with Crippen LogP contribution in [0.2, 0.25) is 10.0 Å². The van der Waals surface area contributed by atoms with Gasteiger partial charge in [0.15, 0.2) is 0 Å². The highest BCUT2D eigenvalue weighted by molar-refractivity contribution is 6.30. The highest BCUT2D eigenvalue weighted by Crippen LogP contribution is 2.37. The van der Waals surface area contributed by atoms with E-state index in [1.807, 2.05) is 24.3 Å². The molecule has 4 aromatic carbocycles. The predicted octanol–water partition coefficient (Wildman–Crippen LogP) is 6.60. The monoisotopic (exact) mass is 1050 g/mol. The van der Waals surface area contributed by atoms with Gasteiger partial charge in [0.2, 0.25) is 11.8 Å². The summed E-state index contributed by atoms with van der Waals surface area (Å²) in [6.45, 7) is 4.00. The molecule has 0 bridgehead atoms. The second-order valence-electron chi connectivity index (χ2n) is 19.1. The van der Waals surface area contributed by atoms with Gasteiger partial charge in [0.25, 0.3) is 23.6 Å². The van der Waals surface area contributed by atoms with Crippen LogP contribution in [-0.2, 0) is 67.6 Å². The van der Waals surface area contributed by atoms with Crippen molar-refractivity contribution in [3.63, 3.8) is 0 Å². The SMILES string of the molecule is COCCN(CCOC)C(=O)c1cc2c(cc1C(=O)NCCc1ccc(Cl)cc1)CN(C(=O)[C@@H]1CCC[C@H](C(=O)N3Cc4cc(C(=O)NCCc5ccc(Cl)cc5)c(C(=O)N(CCOC)CCOC)cc4C3)C1)C2. The molecule has 0 aromatic heterocycles. The molecule has 1 fully saturated rings. The number of nitrogens with zero attached hydrogens (tertiary/aromatic N) is 4. The molecule has 2 atom stereocenters. The standard InChI is InChI=1S/C56H68Cl2N6O10/c1-71-24-20-61(21-25-72-2)55(69)49-31-43-35-63(33-41(43)29-47(49)51(65)59-18-16-37-8-12-45(57)13-9-37)53(67)39-6-5-7-40(28-39)54(68)64-34-42-30-48(52(66)60-19-17-38-10-14-46(58)15-11-38)50(32-44(42)36-64)56(70)62(22-26-73-3)23-27-74-4/h8-15,29-32,39-40H,5-7,16-28,33-36H2,1-4H3,(H,59,65)(H,60,66)/t39-,40+. The Labute approximate surface area is 443 Å². The zero-order valence-corrected chi connectivity index (χ0v) is 44.4. The maximum Gasteiger partial charge on any atom is 0.254 e. The molecule has 0 radical (unpaired) electrons. The lowest BCUT2D eigenvalue weighted by Crippen LogP contribution is -2.39. The van der Waals surface area contributed by atoms with Gasteiger partial charge in [0.1, 0.15) is 0 Å². The number of hydrogen-bond donors (Lipinski definition) is 2. The molecule has 74 heavy (non-hydrogen) atoms. The number of rotatable bonds is 24. The summed E-state index contributed by atoms with van der Waals surface area (Å²) in [7, 11) is 6.24. The van der Waals surface area contributed by atoms with Crippen molar-refractivity contribution in [1.29, 1.82) is 0 Å². The molecule has 6 amide bonds. The lowest BCUT2D eigenvalue weighted by molar-refractivity contribution is -0.142. The highest BCUT2D eigenvalue weighted by Gasteiger charge is 2.39. The fraction of sp³-hybridized carbons (Fsp3) is 0.464. The van der Waals surface area contributed by atoms with E-state index in [0.717, 1.165) is 33.4 Å². The minimum Gasteiger partial charge on any atom is -0.383 e. The first-order valence-corrected chi connectivity index (χ1v) is 26.1. The van der Waals surface area contributed by atoms with Crippen molar-refractivity contribution in [1.82, 2.24) is 30.2 Å². The van der Waals surface area contributed by atoms with Gasteiger partial charge in [-0.05, 0) is 114 Å². The van der Waals surface area contributed by atoms with E-state index in [9.17, 15) is 28.8 Å². The number of carbonyl (C=O) groups excluding carboxylic acids is 6. The third-order valence-electron chi connectivity index (χ3n) is 14.1. The number of fused-ring (bicyclic) bond motifs is 2. The fourth-order valence-corrected chi connectivity index (χ4v) is 10.3. The van der Waals surface area contributed by atoms with Crippen LogP contribution >= 0.6 is 23.2 Å². The summed E-state index contributed by atoms with van der Waals surface area (Å²) < 4.78 is 21.2. The Balaban J connectivity index is 1.05. The van der Waals surface area contributed by atoms with Crippen LogP contribution in [0.4, 0.5) is 0 Å². The molecule has 0 spiro atoms. The molecule has 16 nitrogen and oxygen atoms in total. The van der Waals surface area contributed by atoms with Gasteiger partial charge < -0.3 is 49.2 Å². The molecule has 4 aromatic rings. The average molecular weight is 1060 g/mol. The first kappa shape index (κ1) is 55.9. The normalized spacial score (nSPS) is 15.9. The molecule has 0 saturated heterocycles. The summed E-state index contributed by atoms with van der Waals surface area (Å²) in [6, 6.07) is 21.8. The molecule has 3 aliphatic rings. The number of benzene rings is 4. The Hall–Kier alpha value is -5.88. The van der Waals surface area contributed by atoms with Crippen molar-refractivity contribution in [2.45, 2.75) is 64.7 Å². The predicted molar refractivity (Wildman–Crippen MR) is 281 cm³/mol. The van der Waals surface area contributed by atoms with Crippen LogP contribution in [0, 0.1) is 11.8 Å². The van der Waals surface area contributed by atoms with Gasteiger partial charge in [-0.2, -0.15) is 0 Å². The molecule has 2 N–H and O–H groups in total. The Morgan fingerprint density at radius 3 is 1.16 bits per heavy atom. The first-order valence-electron chi connectivity index (χ1n) is 25.3. The Morgan fingerprint density at radius 2 is 0.838 bits per heavy atom. The van der Waals surface area contributed by atoms with Gasteiger partial charge in [-0.15, -0.1) is 0 Å². The van der Waals surface area contributed by atoms with E-state index in [1.165, 1.54) is 0 Å². The molecular weight excluding hydrogens is 988 g/mol. The average Bonchev–Trinajstić information content (AvgIpc) is 4.04. The van der Waals surface area contributed by atoms with E-state index in [0.29, 0.717) is 88.1 Å². The largest absolute Gasteiger partial charge is 0.383 e. The first-order chi connectivity index (χ1) is 35.8. The lowest BCUT2D eigenvalue weighted by atomic mass is 9.80. The molecule has 1 aliphatic carbocycles. The number of carbonyl (C=O) groups is 6. The van der Waals surface area contributed by atoms with E-state index < -0.39 is 23.7 Å². The molecule has 1 saturated carbocycles. The number of hydrogen-bond acceptors (Lipinski definition) is 10. The Morgan fingerprint density at radius 1 is 0.514 bits per heavy atom. The summed E-state index contributed by atoms with van der Waals surface area (Å²) in [5.74, 6) is -2.46. The van der Waals surface area contributed by atoms with Crippen molar-refractivity contribution in [3.8, 4) is 0 Å². The second-order valence-corrected chi connectivity index (χ2v) is 20.0. The number of ether oxygens (including phenoxy) is 4. The quantitative estimate of drug-likeness (QED) is 0.0778. The van der Waals surface area contributed by atoms with E-state index in [4.69, 9.17) is 42.1 Å². The lowest BCUT2D eigenvalue weighted by Gasteiger charge is -2.32. The van der Waals surface area contributed by atoms with Crippen molar-refractivity contribution in [3.05, 3.63) is 138 Å². The zero-order chi connectivity index (χ0) is 52.7. The summed E-state index contributed by atoms with van der Waals surface area (Å²) >= 11 is 12.2. The Bertz CT molecular complexity index is 2440. The van der Waals surface area contributed by atoms with Gasteiger partial charge in [-0.1, -0.05) is 53.9 Å². The second kappa shape index (κ2) is 27.1. The molecule has 2 heterocycles. The van der Waals surface area contributed by atoms with E-state index >= 15 is 0 Å². The van der Waals surface area contributed by atoms with Crippen molar-refractivity contribution >= 4 is 58.6 Å². The van der Waals surface area contributed by atoms with Crippen LogP contribution in [0.5, 0.6) is 0 Å². The summed E-state index contributed by atoms with van der Waals surface area (Å²) in [6.07, 6.45) is 3.42. The summed E-state index contributed by atoms with van der Waals surface area (Å²) in [4.78, 5) is 92.3. The summed E-state index contributed by atoms with van der Waals surface area (Å²) in [5.41, 5.74) is 6.03. The topological polar surface area (TPSA) is 176 Å². The van der Waals surface area contributed by atoms with Gasteiger partial charge in [0, 0.05) is 116 Å². The van der Waals surface area contributed by atoms with Crippen LogP contribution in [-0.4, -0.2) is 149 Å². The van der Waals surface area contributed by atoms with E-state index in [1.54, 1.807) is 96.6 Å². The van der Waals surface area contributed by atoms with Crippen molar-refractivity contribution < 1.29 is 47.7 Å². The minimum absolute atomic E-state index is 0.0755. The molecule has 396 valence electrons. The number of nitrogens with one attached hydrogen (secondary N) is 2. The smallest absolute Gasteiger partial charge is 0.254 e. The van der Waals surface area contributed by atoms with Crippen molar-refractivity contribution in [2.24, 2.45) is 11.8 Å². The number of halogens is 2. The van der Waals surface area contributed by atoms with Crippen LogP contribution in [0.25, 0.3) is 0 Å². The van der Waals surface area contributed by atoms with Crippen LogP contribution in [0.1, 0.15) is 100 Å². The molecule has 2 aliphatic heterocycles. The third-order valence-corrected chi connectivity index (χ3v) is 14.6. The van der Waals surface area contributed by atoms with Gasteiger partial charge in [-0.3, -0.25) is 28.8 Å². The molecule has 0 unspecified atom stereocenters. The van der Waals surface area contributed by atoms with E-state index in [2.05, 4.69) is 10.6 Å². The molecule has 7 rings (SSSR count). The van der Waals surface area contributed by atoms with Gasteiger partial charge >= 0.3 is 0 Å². The zero-order valence-electron chi connectivity index (χ0n) is 42.9. The van der Waals surface area contributed by atoms with Gasteiger partial charge in [-0.25, -0.2) is 0 Å². The molecule has 18 heteroatoms. The Kier molecular flexibility index (Phi) is 20.4. The highest BCUT2D eigenvalue weighted by atomic mass is 35.5. The van der Waals surface area contributed by atoms with E-state index in [-0.39, 0.29) is 98.2 Å². The maximum absolute atomic E-state index is 14.5. The minimum atomic E-state index is -0.412. The van der Waals surface area contributed by atoms with Crippen LogP contribution in [0.3, 0.4) is 0 Å². The fourth-order valence-electron chi connectivity index (χ4n) is 10.0. The molecular formula is C56H68Cl2N6O10. The number of methoxy groups -OCH3 is 4. The maximum atomic E-state index is 14.5. The van der Waals surface area contributed by atoms with Crippen molar-refractivity contribution in [2.75, 3.05) is 94.1 Å².